The average molecular weight is 401 g/mol. The van der Waals surface area contributed by atoms with Crippen LogP contribution in [0.25, 0.3) is 11.0 Å². The Morgan fingerprint density at radius 3 is 2.70 bits per heavy atom. The summed E-state index contributed by atoms with van der Waals surface area (Å²) >= 11 is 7.36. The Morgan fingerprint density at radius 1 is 1.15 bits per heavy atom. The van der Waals surface area contributed by atoms with Crippen molar-refractivity contribution < 1.29 is 4.79 Å². The Hall–Kier alpha value is -2.18. The number of nitrogens with one attached hydrogen (secondary N) is 2. The second-order valence-corrected chi connectivity index (χ2v) is 8.04. The minimum atomic E-state index is -0.0517. The number of rotatable bonds is 5. The molecule has 5 nitrogen and oxygen atoms in total. The number of thioether (sulfide) groups is 1. The number of amides is 1. The van der Waals surface area contributed by atoms with Gasteiger partial charge in [-0.1, -0.05) is 23.4 Å². The summed E-state index contributed by atoms with van der Waals surface area (Å²) in [7, 11) is 0. The van der Waals surface area contributed by atoms with Crippen LogP contribution in [0.2, 0.25) is 5.02 Å². The number of hydrogen-bond acceptors (Lipinski definition) is 4. The molecule has 7 heteroatoms. The third-order valence-corrected chi connectivity index (χ3v) is 5.74. The number of piperidine rings is 1. The Labute approximate surface area is 167 Å². The number of carbonyl (C=O) groups excluding carboxylic acids is 1. The smallest absolute Gasteiger partial charge is 0.234 e. The number of halogens is 1. The molecule has 0 bridgehead atoms. The number of imidazole rings is 1. The van der Waals surface area contributed by atoms with Gasteiger partial charge in [0.15, 0.2) is 5.16 Å². The van der Waals surface area contributed by atoms with E-state index in [-0.39, 0.29) is 5.91 Å². The van der Waals surface area contributed by atoms with E-state index < -0.39 is 0 Å². The molecule has 0 radical (unpaired) electrons. The van der Waals surface area contributed by atoms with Gasteiger partial charge in [-0.25, -0.2) is 4.98 Å². The molecule has 1 aliphatic heterocycles. The SMILES string of the molecule is O=C(CSc1nc2ccc(Cl)cc2[nH]1)Nc1ccc(N2CCCCC2)cc1. The van der Waals surface area contributed by atoms with Gasteiger partial charge in [0.05, 0.1) is 16.8 Å². The first-order chi connectivity index (χ1) is 13.2. The lowest BCUT2D eigenvalue weighted by Gasteiger charge is -2.28. The Balaban J connectivity index is 1.31. The maximum atomic E-state index is 12.2. The molecule has 2 heterocycles. The number of benzene rings is 2. The van der Waals surface area contributed by atoms with Crippen molar-refractivity contribution in [3.05, 3.63) is 47.5 Å². The summed E-state index contributed by atoms with van der Waals surface area (Å²) in [5.74, 6) is 0.241. The van der Waals surface area contributed by atoms with Crippen LogP contribution in [0.1, 0.15) is 19.3 Å². The van der Waals surface area contributed by atoms with E-state index in [4.69, 9.17) is 11.6 Å². The number of aromatic amines is 1. The summed E-state index contributed by atoms with van der Waals surface area (Å²) in [6.07, 6.45) is 3.83. The number of carbonyl (C=O) groups is 1. The molecule has 1 fully saturated rings. The fraction of sp³-hybridized carbons (Fsp3) is 0.300. The van der Waals surface area contributed by atoms with Gasteiger partial charge in [0.1, 0.15) is 0 Å². The van der Waals surface area contributed by atoms with Gasteiger partial charge in [0.2, 0.25) is 5.91 Å². The second-order valence-electron chi connectivity index (χ2n) is 6.63. The molecule has 0 atom stereocenters. The summed E-state index contributed by atoms with van der Waals surface area (Å²) < 4.78 is 0. The molecule has 0 unspecified atom stereocenters. The Morgan fingerprint density at radius 2 is 1.93 bits per heavy atom. The largest absolute Gasteiger partial charge is 0.372 e. The fourth-order valence-electron chi connectivity index (χ4n) is 3.27. The Kier molecular flexibility index (Phi) is 5.55. The van der Waals surface area contributed by atoms with Crippen molar-refractivity contribution in [3.63, 3.8) is 0 Å². The van der Waals surface area contributed by atoms with Crippen molar-refractivity contribution in [3.8, 4) is 0 Å². The highest BCUT2D eigenvalue weighted by atomic mass is 35.5. The van der Waals surface area contributed by atoms with E-state index in [9.17, 15) is 4.79 Å². The number of anilines is 2. The zero-order chi connectivity index (χ0) is 18.6. The minimum Gasteiger partial charge on any atom is -0.372 e. The lowest BCUT2D eigenvalue weighted by Crippen LogP contribution is -2.29. The normalized spacial score (nSPS) is 14.5. The van der Waals surface area contributed by atoms with Crippen LogP contribution < -0.4 is 10.2 Å². The van der Waals surface area contributed by atoms with Gasteiger partial charge >= 0.3 is 0 Å². The minimum absolute atomic E-state index is 0.0517. The van der Waals surface area contributed by atoms with Crippen LogP contribution in [-0.4, -0.2) is 34.7 Å². The third-order valence-electron chi connectivity index (χ3n) is 4.63. The molecule has 1 saturated heterocycles. The van der Waals surface area contributed by atoms with Crippen LogP contribution in [0.4, 0.5) is 11.4 Å². The molecular weight excluding hydrogens is 380 g/mol. The molecule has 1 aliphatic rings. The summed E-state index contributed by atoms with van der Waals surface area (Å²) in [6.45, 7) is 2.23. The third kappa shape index (κ3) is 4.57. The number of H-pyrrole nitrogens is 1. The summed E-state index contributed by atoms with van der Waals surface area (Å²) in [5, 5.41) is 4.32. The lowest BCUT2D eigenvalue weighted by atomic mass is 10.1. The lowest BCUT2D eigenvalue weighted by molar-refractivity contribution is -0.113. The van der Waals surface area contributed by atoms with E-state index in [0.29, 0.717) is 15.9 Å². The van der Waals surface area contributed by atoms with E-state index in [1.54, 1.807) is 6.07 Å². The van der Waals surface area contributed by atoms with E-state index >= 15 is 0 Å². The van der Waals surface area contributed by atoms with Crippen molar-refractivity contribution in [2.45, 2.75) is 24.4 Å². The standard InChI is InChI=1S/C20H21ClN4OS/c21-14-4-9-17-18(12-14)24-20(23-17)27-13-19(26)22-15-5-7-16(8-6-15)25-10-2-1-3-11-25/h4-9,12H,1-3,10-11,13H2,(H,22,26)(H,23,24). The van der Waals surface area contributed by atoms with E-state index in [1.807, 2.05) is 24.3 Å². The van der Waals surface area contributed by atoms with Gasteiger partial charge in [-0.05, 0) is 61.7 Å². The topological polar surface area (TPSA) is 61.0 Å². The van der Waals surface area contributed by atoms with Crippen LogP contribution in [0.15, 0.2) is 47.6 Å². The zero-order valence-electron chi connectivity index (χ0n) is 14.9. The first-order valence-corrected chi connectivity index (χ1v) is 10.5. The molecule has 2 aromatic carbocycles. The number of aromatic nitrogens is 2. The first-order valence-electron chi connectivity index (χ1n) is 9.10. The van der Waals surface area contributed by atoms with Crippen LogP contribution in [0.3, 0.4) is 0 Å². The van der Waals surface area contributed by atoms with Gasteiger partial charge in [0, 0.05) is 29.5 Å². The molecule has 3 aromatic rings. The van der Waals surface area contributed by atoms with Crippen molar-refractivity contribution in [1.29, 1.82) is 0 Å². The van der Waals surface area contributed by atoms with Crippen LogP contribution in [-0.2, 0) is 4.79 Å². The van der Waals surface area contributed by atoms with Crippen molar-refractivity contribution in [2.75, 3.05) is 29.1 Å². The van der Waals surface area contributed by atoms with E-state index in [2.05, 4.69) is 32.3 Å². The van der Waals surface area contributed by atoms with Gasteiger partial charge in [-0.2, -0.15) is 0 Å². The van der Waals surface area contributed by atoms with Crippen molar-refractivity contribution in [2.24, 2.45) is 0 Å². The number of nitrogens with zero attached hydrogens (tertiary/aromatic N) is 2. The zero-order valence-corrected chi connectivity index (χ0v) is 16.4. The second kappa shape index (κ2) is 8.23. The van der Waals surface area contributed by atoms with Crippen LogP contribution in [0, 0.1) is 0 Å². The molecule has 27 heavy (non-hydrogen) atoms. The van der Waals surface area contributed by atoms with Gasteiger partial charge in [0.25, 0.3) is 0 Å². The van der Waals surface area contributed by atoms with Gasteiger partial charge in [-0.15, -0.1) is 0 Å². The van der Waals surface area contributed by atoms with Crippen LogP contribution >= 0.6 is 23.4 Å². The predicted molar refractivity (Wildman–Crippen MR) is 113 cm³/mol. The molecule has 0 spiro atoms. The van der Waals surface area contributed by atoms with Crippen molar-refractivity contribution in [1.82, 2.24) is 9.97 Å². The molecule has 0 aliphatic carbocycles. The summed E-state index contributed by atoms with van der Waals surface area (Å²) in [6, 6.07) is 13.6. The van der Waals surface area contributed by atoms with E-state index in [0.717, 1.165) is 29.8 Å². The van der Waals surface area contributed by atoms with E-state index in [1.165, 1.54) is 36.7 Å². The monoisotopic (exact) mass is 400 g/mol. The first kappa shape index (κ1) is 18.2. The van der Waals surface area contributed by atoms with Crippen LogP contribution in [0.5, 0.6) is 0 Å². The fourth-order valence-corrected chi connectivity index (χ4v) is 4.12. The average Bonchev–Trinajstić information content (AvgIpc) is 3.10. The molecule has 0 saturated carbocycles. The summed E-state index contributed by atoms with van der Waals surface area (Å²) in [4.78, 5) is 22.3. The highest BCUT2D eigenvalue weighted by Gasteiger charge is 2.11. The van der Waals surface area contributed by atoms with Crippen molar-refractivity contribution >= 4 is 51.7 Å². The Bertz CT molecular complexity index is 935. The molecule has 4 rings (SSSR count). The molecular formula is C20H21ClN4OS. The highest BCUT2D eigenvalue weighted by Crippen LogP contribution is 2.24. The number of hydrogen-bond donors (Lipinski definition) is 2. The maximum absolute atomic E-state index is 12.2. The molecule has 140 valence electrons. The molecule has 2 N–H and O–H groups in total. The van der Waals surface area contributed by atoms with Gasteiger partial charge < -0.3 is 15.2 Å². The predicted octanol–water partition coefficient (Wildman–Crippen LogP) is 4.94. The quantitative estimate of drug-likeness (QED) is 0.595. The summed E-state index contributed by atoms with van der Waals surface area (Å²) in [5.41, 5.74) is 3.76. The maximum Gasteiger partial charge on any atom is 0.234 e. The number of fused-ring (bicyclic) bond motifs is 1. The molecule has 1 amide bonds. The highest BCUT2D eigenvalue weighted by molar-refractivity contribution is 7.99. The molecule has 1 aromatic heterocycles. The van der Waals surface area contributed by atoms with Gasteiger partial charge in [-0.3, -0.25) is 4.79 Å².